The van der Waals surface area contributed by atoms with Crippen LogP contribution in [0.2, 0.25) is 5.02 Å². The predicted octanol–water partition coefficient (Wildman–Crippen LogP) is 3.12. The van der Waals surface area contributed by atoms with Crippen LogP contribution in [0.1, 0.15) is 16.7 Å². The Balaban J connectivity index is 1.98. The van der Waals surface area contributed by atoms with E-state index in [4.69, 9.17) is 16.3 Å². The molecule has 0 unspecified atom stereocenters. The van der Waals surface area contributed by atoms with Crippen LogP contribution in [0.4, 0.5) is 4.39 Å². The number of hydrogen-bond acceptors (Lipinski definition) is 4. The number of carbonyl (C=O) groups is 1. The average molecular weight is 386 g/mol. The fourth-order valence-electron chi connectivity index (χ4n) is 2.10. The van der Waals surface area contributed by atoms with E-state index >= 15 is 0 Å². The predicted molar refractivity (Wildman–Crippen MR) is 92.3 cm³/mol. The first-order valence-electron chi connectivity index (χ1n) is 7.36. The second kappa shape index (κ2) is 7.95. The molecule has 0 spiro atoms. The van der Waals surface area contributed by atoms with E-state index in [2.05, 4.69) is 4.72 Å². The van der Waals surface area contributed by atoms with Crippen molar-refractivity contribution < 1.29 is 22.3 Å². The van der Waals surface area contributed by atoms with Gasteiger partial charge in [0.15, 0.2) is 0 Å². The highest BCUT2D eigenvalue weighted by atomic mass is 35.5. The number of sulfonamides is 1. The van der Waals surface area contributed by atoms with Crippen molar-refractivity contribution in [1.29, 1.82) is 0 Å². The van der Waals surface area contributed by atoms with Crippen LogP contribution in [0.5, 0.6) is 0 Å². The quantitative estimate of drug-likeness (QED) is 0.775. The maximum Gasteiger partial charge on any atom is 0.321 e. The van der Waals surface area contributed by atoms with Gasteiger partial charge in [-0.25, -0.2) is 12.8 Å². The first-order chi connectivity index (χ1) is 11.7. The highest BCUT2D eigenvalue weighted by Crippen LogP contribution is 2.20. The monoisotopic (exact) mass is 385 g/mol. The summed E-state index contributed by atoms with van der Waals surface area (Å²) in [4.78, 5) is 11.8. The lowest BCUT2D eigenvalue weighted by atomic mass is 10.2. The van der Waals surface area contributed by atoms with Crippen LogP contribution >= 0.6 is 11.6 Å². The Labute approximate surface area is 150 Å². The Morgan fingerprint density at radius 2 is 1.96 bits per heavy atom. The molecule has 25 heavy (non-hydrogen) atoms. The number of benzene rings is 2. The molecule has 0 aromatic heterocycles. The van der Waals surface area contributed by atoms with Gasteiger partial charge in [-0.05, 0) is 43.2 Å². The molecule has 0 bridgehead atoms. The van der Waals surface area contributed by atoms with Crippen molar-refractivity contribution in [3.63, 3.8) is 0 Å². The van der Waals surface area contributed by atoms with Gasteiger partial charge in [-0.3, -0.25) is 4.79 Å². The van der Waals surface area contributed by atoms with Crippen molar-refractivity contribution in [1.82, 2.24) is 4.72 Å². The van der Waals surface area contributed by atoms with Crippen molar-refractivity contribution in [2.45, 2.75) is 25.3 Å². The first-order valence-corrected chi connectivity index (χ1v) is 9.22. The molecule has 0 amide bonds. The fraction of sp³-hybridized carbons (Fsp3) is 0.235. The summed E-state index contributed by atoms with van der Waals surface area (Å²) < 4.78 is 45.2. The van der Waals surface area contributed by atoms with E-state index in [0.717, 1.165) is 5.56 Å². The molecule has 2 rings (SSSR count). The van der Waals surface area contributed by atoms with Gasteiger partial charge >= 0.3 is 5.97 Å². The normalized spacial score (nSPS) is 11.4. The van der Waals surface area contributed by atoms with Gasteiger partial charge in [0.1, 0.15) is 19.0 Å². The van der Waals surface area contributed by atoms with Crippen molar-refractivity contribution in [2.24, 2.45) is 0 Å². The minimum absolute atomic E-state index is 0.0369. The Hall–Kier alpha value is -1.96. The summed E-state index contributed by atoms with van der Waals surface area (Å²) in [5.74, 6) is -1.44. The fourth-order valence-corrected chi connectivity index (χ4v) is 3.62. The molecule has 2 aromatic rings. The smallest absolute Gasteiger partial charge is 0.321 e. The Morgan fingerprint density at radius 1 is 1.24 bits per heavy atom. The van der Waals surface area contributed by atoms with E-state index in [0.29, 0.717) is 5.56 Å². The number of ether oxygens (including phenoxy) is 1. The minimum atomic E-state index is -3.86. The van der Waals surface area contributed by atoms with Gasteiger partial charge in [-0.2, -0.15) is 4.72 Å². The second-order valence-corrected chi connectivity index (χ2v) is 7.60. The molecule has 0 saturated carbocycles. The van der Waals surface area contributed by atoms with E-state index < -0.39 is 28.4 Å². The Bertz CT molecular complexity index is 879. The number of nitrogens with one attached hydrogen (secondary N) is 1. The summed E-state index contributed by atoms with van der Waals surface area (Å²) in [7, 11) is -3.86. The number of esters is 1. The van der Waals surface area contributed by atoms with Crippen molar-refractivity contribution in [2.75, 3.05) is 6.54 Å². The molecule has 134 valence electrons. The van der Waals surface area contributed by atoms with E-state index in [1.54, 1.807) is 26.0 Å². The maximum absolute atomic E-state index is 13.6. The zero-order valence-electron chi connectivity index (χ0n) is 13.7. The summed E-state index contributed by atoms with van der Waals surface area (Å²) >= 11 is 5.83. The molecular formula is C17H17ClFNO4S. The van der Waals surface area contributed by atoms with Crippen LogP contribution in [0.25, 0.3) is 0 Å². The van der Waals surface area contributed by atoms with Crippen LogP contribution < -0.4 is 4.72 Å². The van der Waals surface area contributed by atoms with Crippen LogP contribution in [0.15, 0.2) is 41.3 Å². The lowest BCUT2D eigenvalue weighted by Crippen LogP contribution is -2.31. The van der Waals surface area contributed by atoms with E-state index in [1.807, 2.05) is 0 Å². The largest absolute Gasteiger partial charge is 0.460 e. The maximum atomic E-state index is 13.6. The van der Waals surface area contributed by atoms with Gasteiger partial charge in [0.05, 0.1) is 9.92 Å². The number of carbonyl (C=O) groups excluding carboxylic acids is 1. The standard InChI is InChI=1S/C17H17ClFNO4S/c1-11-6-7-12(2)16(8-11)25(22,23)20-9-17(21)24-10-13-14(18)4-3-5-15(13)19/h3-8,20H,9-10H2,1-2H3. The highest BCUT2D eigenvalue weighted by Gasteiger charge is 2.19. The molecule has 5 nitrogen and oxygen atoms in total. The van der Waals surface area contributed by atoms with E-state index in [-0.39, 0.29) is 22.1 Å². The molecule has 0 aliphatic carbocycles. The molecule has 1 N–H and O–H groups in total. The number of hydrogen-bond donors (Lipinski definition) is 1. The third-order valence-corrected chi connectivity index (χ3v) is 5.38. The Kier molecular flexibility index (Phi) is 6.16. The van der Waals surface area contributed by atoms with Gasteiger partial charge < -0.3 is 4.74 Å². The van der Waals surface area contributed by atoms with Gasteiger partial charge in [-0.15, -0.1) is 0 Å². The summed E-state index contributed by atoms with van der Waals surface area (Å²) in [6.45, 7) is 2.48. The van der Waals surface area contributed by atoms with Gasteiger partial charge in [-0.1, -0.05) is 29.8 Å². The van der Waals surface area contributed by atoms with Crippen molar-refractivity contribution in [3.8, 4) is 0 Å². The molecule has 0 aliphatic rings. The van der Waals surface area contributed by atoms with E-state index in [9.17, 15) is 17.6 Å². The first kappa shape index (κ1) is 19.4. The molecule has 2 aromatic carbocycles. The number of halogens is 2. The third kappa shape index (κ3) is 5.01. The summed E-state index contributed by atoms with van der Waals surface area (Å²) in [6.07, 6.45) is 0. The average Bonchev–Trinajstić information content (AvgIpc) is 2.55. The molecule has 0 fully saturated rings. The van der Waals surface area contributed by atoms with Gasteiger partial charge in [0.2, 0.25) is 10.0 Å². The lowest BCUT2D eigenvalue weighted by Gasteiger charge is -2.11. The van der Waals surface area contributed by atoms with E-state index in [1.165, 1.54) is 24.3 Å². The number of rotatable bonds is 6. The second-order valence-electron chi connectivity index (χ2n) is 5.45. The molecular weight excluding hydrogens is 369 g/mol. The summed E-state index contributed by atoms with van der Waals surface area (Å²) in [5, 5.41) is 0.128. The third-order valence-electron chi connectivity index (χ3n) is 3.48. The van der Waals surface area contributed by atoms with Crippen molar-refractivity contribution >= 4 is 27.6 Å². The molecule has 0 radical (unpaired) electrons. The Morgan fingerprint density at radius 3 is 2.64 bits per heavy atom. The summed E-state index contributed by atoms with van der Waals surface area (Å²) in [5.41, 5.74) is 1.38. The molecule has 0 saturated heterocycles. The SMILES string of the molecule is Cc1ccc(C)c(S(=O)(=O)NCC(=O)OCc2c(F)cccc2Cl)c1. The highest BCUT2D eigenvalue weighted by molar-refractivity contribution is 7.89. The van der Waals surface area contributed by atoms with Gasteiger partial charge in [0.25, 0.3) is 0 Å². The van der Waals surface area contributed by atoms with Crippen LogP contribution in [-0.4, -0.2) is 20.9 Å². The summed E-state index contributed by atoms with van der Waals surface area (Å²) in [6, 6.07) is 9.09. The van der Waals surface area contributed by atoms with Crippen LogP contribution in [-0.2, 0) is 26.2 Å². The van der Waals surface area contributed by atoms with Crippen LogP contribution in [0, 0.1) is 19.7 Å². The molecule has 0 atom stereocenters. The van der Waals surface area contributed by atoms with Crippen LogP contribution in [0.3, 0.4) is 0 Å². The zero-order valence-corrected chi connectivity index (χ0v) is 15.2. The molecule has 0 heterocycles. The lowest BCUT2D eigenvalue weighted by molar-refractivity contribution is -0.143. The molecule has 0 aliphatic heterocycles. The van der Waals surface area contributed by atoms with Gasteiger partial charge in [0, 0.05) is 5.56 Å². The van der Waals surface area contributed by atoms with Crippen molar-refractivity contribution in [3.05, 3.63) is 63.9 Å². The topological polar surface area (TPSA) is 72.5 Å². The molecule has 8 heteroatoms. The number of aryl methyl sites for hydroxylation is 2. The minimum Gasteiger partial charge on any atom is -0.460 e. The zero-order chi connectivity index (χ0) is 18.6.